The standard InChI is InChI=1S/C5H8F4O3S/c1-13(11,12)5(8,9)4(6,7)2-3-10/h10H,2-3H2,1H3. The van der Waals surface area contributed by atoms with Crippen molar-refractivity contribution >= 4 is 9.84 Å². The first-order chi connectivity index (χ1) is 5.56. The molecule has 0 saturated heterocycles. The van der Waals surface area contributed by atoms with E-state index in [1.165, 1.54) is 0 Å². The average molecular weight is 224 g/mol. The number of halogens is 4. The summed E-state index contributed by atoms with van der Waals surface area (Å²) in [4.78, 5) is 0. The van der Waals surface area contributed by atoms with Gasteiger partial charge in [0.15, 0.2) is 0 Å². The normalized spacial score (nSPS) is 14.6. The van der Waals surface area contributed by atoms with Crippen molar-refractivity contribution in [3.05, 3.63) is 0 Å². The molecule has 0 aromatic rings. The Balaban J connectivity index is 5.04. The molecule has 0 aromatic carbocycles. The zero-order valence-corrected chi connectivity index (χ0v) is 7.41. The van der Waals surface area contributed by atoms with Crippen molar-refractivity contribution in [1.82, 2.24) is 0 Å². The lowest BCUT2D eigenvalue weighted by Gasteiger charge is -2.23. The van der Waals surface area contributed by atoms with Crippen molar-refractivity contribution in [2.24, 2.45) is 0 Å². The monoisotopic (exact) mass is 224 g/mol. The van der Waals surface area contributed by atoms with Crippen molar-refractivity contribution in [2.45, 2.75) is 17.6 Å². The van der Waals surface area contributed by atoms with Gasteiger partial charge in [0.2, 0.25) is 9.84 Å². The van der Waals surface area contributed by atoms with Gasteiger partial charge >= 0.3 is 11.2 Å². The van der Waals surface area contributed by atoms with Crippen LogP contribution in [0.1, 0.15) is 6.42 Å². The number of alkyl halides is 4. The molecule has 0 aromatic heterocycles. The minimum absolute atomic E-state index is 0.0122. The van der Waals surface area contributed by atoms with Crippen LogP contribution in [-0.4, -0.2) is 37.6 Å². The van der Waals surface area contributed by atoms with Crippen LogP contribution in [0.25, 0.3) is 0 Å². The molecule has 0 radical (unpaired) electrons. The highest BCUT2D eigenvalue weighted by atomic mass is 32.2. The van der Waals surface area contributed by atoms with Gasteiger partial charge in [0, 0.05) is 19.3 Å². The van der Waals surface area contributed by atoms with Gasteiger partial charge in [-0.15, -0.1) is 0 Å². The summed E-state index contributed by atoms with van der Waals surface area (Å²) in [6, 6.07) is 0. The van der Waals surface area contributed by atoms with E-state index < -0.39 is 34.0 Å². The Hall–Kier alpha value is -0.370. The van der Waals surface area contributed by atoms with Crippen molar-refractivity contribution < 1.29 is 31.1 Å². The molecular formula is C5H8F4O3S. The molecule has 0 fully saturated rings. The molecule has 0 unspecified atom stereocenters. The summed E-state index contributed by atoms with van der Waals surface area (Å²) in [6.07, 6.45) is -1.58. The second-order valence-corrected chi connectivity index (χ2v) is 4.52. The van der Waals surface area contributed by atoms with Gasteiger partial charge in [-0.25, -0.2) is 8.42 Å². The minimum Gasteiger partial charge on any atom is -0.396 e. The highest BCUT2D eigenvalue weighted by Crippen LogP contribution is 2.40. The Morgan fingerprint density at radius 2 is 1.62 bits per heavy atom. The summed E-state index contributed by atoms with van der Waals surface area (Å²) in [7, 11) is -5.18. The molecule has 0 saturated carbocycles. The summed E-state index contributed by atoms with van der Waals surface area (Å²) in [5, 5.41) is 2.89. The van der Waals surface area contributed by atoms with Gasteiger partial charge in [0.05, 0.1) is 0 Å². The third-order valence-electron chi connectivity index (χ3n) is 1.32. The van der Waals surface area contributed by atoms with E-state index in [4.69, 9.17) is 5.11 Å². The Morgan fingerprint density at radius 3 is 1.85 bits per heavy atom. The van der Waals surface area contributed by atoms with Crippen LogP contribution in [0.15, 0.2) is 0 Å². The topological polar surface area (TPSA) is 54.4 Å². The van der Waals surface area contributed by atoms with Crippen LogP contribution >= 0.6 is 0 Å². The third kappa shape index (κ3) is 2.31. The fourth-order valence-corrected chi connectivity index (χ4v) is 1.20. The Bertz CT molecular complexity index is 272. The number of aliphatic hydroxyl groups excluding tert-OH is 1. The Kier molecular flexibility index (Phi) is 3.31. The number of aliphatic hydroxyl groups is 1. The lowest BCUT2D eigenvalue weighted by Crippen LogP contribution is -2.46. The van der Waals surface area contributed by atoms with Crippen molar-refractivity contribution in [3.8, 4) is 0 Å². The number of hydrogen-bond donors (Lipinski definition) is 1. The first kappa shape index (κ1) is 12.6. The van der Waals surface area contributed by atoms with Crippen LogP contribution in [0.4, 0.5) is 17.6 Å². The summed E-state index contributed by atoms with van der Waals surface area (Å²) < 4.78 is 70.2. The SMILES string of the molecule is CS(=O)(=O)C(F)(F)C(F)(F)CCO. The first-order valence-electron chi connectivity index (χ1n) is 3.12. The van der Waals surface area contributed by atoms with Crippen LogP contribution < -0.4 is 0 Å². The number of hydrogen-bond acceptors (Lipinski definition) is 3. The molecule has 0 rings (SSSR count). The molecule has 13 heavy (non-hydrogen) atoms. The molecule has 0 spiro atoms. The molecule has 0 amide bonds. The van der Waals surface area contributed by atoms with Crippen LogP contribution in [0, 0.1) is 0 Å². The second kappa shape index (κ2) is 3.41. The van der Waals surface area contributed by atoms with Gasteiger partial charge < -0.3 is 5.11 Å². The van der Waals surface area contributed by atoms with Gasteiger partial charge in [-0.2, -0.15) is 17.6 Å². The fraction of sp³-hybridized carbons (Fsp3) is 1.00. The largest absolute Gasteiger partial charge is 0.406 e. The van der Waals surface area contributed by atoms with Gasteiger partial charge in [0.25, 0.3) is 0 Å². The highest BCUT2D eigenvalue weighted by Gasteiger charge is 2.63. The van der Waals surface area contributed by atoms with Gasteiger partial charge in [-0.05, 0) is 0 Å². The van der Waals surface area contributed by atoms with E-state index in [0.717, 1.165) is 0 Å². The maximum atomic E-state index is 12.4. The average Bonchev–Trinajstić information content (AvgIpc) is 1.84. The van der Waals surface area contributed by atoms with E-state index in [1.54, 1.807) is 0 Å². The summed E-state index contributed by atoms with van der Waals surface area (Å²) in [5.74, 6) is -4.74. The molecule has 1 N–H and O–H groups in total. The van der Waals surface area contributed by atoms with E-state index in [9.17, 15) is 26.0 Å². The smallest absolute Gasteiger partial charge is 0.396 e. The Labute approximate surface area is 72.3 Å². The van der Waals surface area contributed by atoms with E-state index in [-0.39, 0.29) is 6.26 Å². The molecule has 0 aliphatic carbocycles. The van der Waals surface area contributed by atoms with Crippen molar-refractivity contribution in [3.63, 3.8) is 0 Å². The molecule has 3 nitrogen and oxygen atoms in total. The van der Waals surface area contributed by atoms with Gasteiger partial charge in [0.1, 0.15) is 0 Å². The molecule has 0 bridgehead atoms. The molecule has 0 aliphatic rings. The molecule has 0 atom stereocenters. The molecule has 80 valence electrons. The maximum Gasteiger partial charge on any atom is 0.406 e. The van der Waals surface area contributed by atoms with E-state index in [1.807, 2.05) is 0 Å². The van der Waals surface area contributed by atoms with Crippen LogP contribution in [0.3, 0.4) is 0 Å². The zero-order valence-electron chi connectivity index (χ0n) is 6.60. The zero-order chi connectivity index (χ0) is 10.9. The second-order valence-electron chi connectivity index (χ2n) is 2.47. The lowest BCUT2D eigenvalue weighted by molar-refractivity contribution is -0.164. The van der Waals surface area contributed by atoms with Crippen LogP contribution in [-0.2, 0) is 9.84 Å². The molecule has 0 aliphatic heterocycles. The minimum atomic E-state index is -5.18. The predicted octanol–water partition coefficient (Wildman–Crippen LogP) is 0.642. The lowest BCUT2D eigenvalue weighted by atomic mass is 10.2. The summed E-state index contributed by atoms with van der Waals surface area (Å²) >= 11 is 0. The molecular weight excluding hydrogens is 216 g/mol. The maximum absolute atomic E-state index is 12.4. The van der Waals surface area contributed by atoms with E-state index >= 15 is 0 Å². The fourth-order valence-electron chi connectivity index (χ4n) is 0.557. The highest BCUT2D eigenvalue weighted by molar-refractivity contribution is 7.91. The van der Waals surface area contributed by atoms with Gasteiger partial charge in [-0.1, -0.05) is 0 Å². The van der Waals surface area contributed by atoms with Crippen LogP contribution in [0.2, 0.25) is 0 Å². The number of rotatable bonds is 4. The third-order valence-corrected chi connectivity index (χ3v) is 2.55. The van der Waals surface area contributed by atoms with Crippen LogP contribution in [0.5, 0.6) is 0 Å². The Morgan fingerprint density at radius 1 is 1.23 bits per heavy atom. The summed E-state index contributed by atoms with van der Waals surface area (Å²) in [5.41, 5.74) is 0. The predicted molar refractivity (Wildman–Crippen MR) is 36.4 cm³/mol. The molecule has 0 heterocycles. The van der Waals surface area contributed by atoms with Crippen molar-refractivity contribution in [1.29, 1.82) is 0 Å². The quantitative estimate of drug-likeness (QED) is 0.713. The van der Waals surface area contributed by atoms with E-state index in [2.05, 4.69) is 0 Å². The van der Waals surface area contributed by atoms with Crippen molar-refractivity contribution in [2.75, 3.05) is 12.9 Å². The number of sulfone groups is 1. The summed E-state index contributed by atoms with van der Waals surface area (Å²) in [6.45, 7) is -1.21. The van der Waals surface area contributed by atoms with Gasteiger partial charge in [-0.3, -0.25) is 0 Å². The first-order valence-corrected chi connectivity index (χ1v) is 5.01. The molecule has 8 heteroatoms. The van der Waals surface area contributed by atoms with E-state index in [0.29, 0.717) is 0 Å².